The summed E-state index contributed by atoms with van der Waals surface area (Å²) < 4.78 is 10.2. The number of ether oxygens (including phenoxy) is 2. The predicted octanol–water partition coefficient (Wildman–Crippen LogP) is 3.12. The van der Waals surface area contributed by atoms with E-state index >= 15 is 0 Å². The molecule has 0 saturated heterocycles. The zero-order valence-corrected chi connectivity index (χ0v) is 12.9. The van der Waals surface area contributed by atoms with Crippen LogP contribution in [0.4, 0.5) is 0 Å². The number of hydrogen-bond donors (Lipinski definition) is 0. The quantitative estimate of drug-likeness (QED) is 0.415. The van der Waals surface area contributed by atoms with Gasteiger partial charge in [-0.2, -0.15) is 0 Å². The molecule has 4 nitrogen and oxygen atoms in total. The summed E-state index contributed by atoms with van der Waals surface area (Å²) in [4.78, 5) is 21.7. The van der Waals surface area contributed by atoms with Crippen LogP contribution >= 0.6 is 0 Å². The first-order valence-corrected chi connectivity index (χ1v) is 7.47. The van der Waals surface area contributed by atoms with E-state index in [0.717, 1.165) is 18.4 Å². The predicted molar refractivity (Wildman–Crippen MR) is 84.5 cm³/mol. The summed E-state index contributed by atoms with van der Waals surface area (Å²) in [6, 6.07) is 10.0. The molecular formula is C18H23O4. The minimum Gasteiger partial charge on any atom is -0.465 e. The third-order valence-corrected chi connectivity index (χ3v) is 3.01. The van der Waals surface area contributed by atoms with Crippen LogP contribution in [0.15, 0.2) is 30.3 Å². The van der Waals surface area contributed by atoms with Crippen LogP contribution < -0.4 is 0 Å². The fourth-order valence-electron chi connectivity index (χ4n) is 1.80. The molecule has 0 heterocycles. The molecule has 0 spiro atoms. The second kappa shape index (κ2) is 11.9. The number of rotatable bonds is 13. The smallest absolute Gasteiger partial charge is 0.293 e. The molecule has 0 aromatic heterocycles. The maximum absolute atomic E-state index is 11.6. The van der Waals surface area contributed by atoms with Gasteiger partial charge in [0.25, 0.3) is 6.47 Å². The van der Waals surface area contributed by atoms with Gasteiger partial charge in [-0.3, -0.25) is 9.59 Å². The monoisotopic (exact) mass is 303 g/mol. The summed E-state index contributed by atoms with van der Waals surface area (Å²) in [7, 11) is 0. The number of ketones is 1. The van der Waals surface area contributed by atoms with E-state index in [1.807, 2.05) is 30.3 Å². The summed E-state index contributed by atoms with van der Waals surface area (Å²) in [6.45, 7) is 3.39. The van der Waals surface area contributed by atoms with Crippen LogP contribution in [0.1, 0.15) is 31.7 Å². The van der Waals surface area contributed by atoms with Gasteiger partial charge >= 0.3 is 0 Å². The van der Waals surface area contributed by atoms with Gasteiger partial charge < -0.3 is 9.47 Å². The molecule has 4 heteroatoms. The van der Waals surface area contributed by atoms with E-state index < -0.39 is 0 Å². The Hall–Kier alpha value is -1.68. The van der Waals surface area contributed by atoms with E-state index in [2.05, 4.69) is 4.74 Å². The number of Topliss-reactive ketones (excluding diaryl/α,β-unsaturated/α-hetero) is 1. The lowest BCUT2D eigenvalue weighted by Gasteiger charge is -2.07. The van der Waals surface area contributed by atoms with Gasteiger partial charge in [0.15, 0.2) is 0 Å². The SMILES string of the molecule is C[C@H]([CH][CH][CH]C(=O)CCCCOCc1ccccc1)OC=O. The van der Waals surface area contributed by atoms with Crippen molar-refractivity contribution in [3.8, 4) is 0 Å². The lowest BCUT2D eigenvalue weighted by atomic mass is 10.1. The van der Waals surface area contributed by atoms with Crippen LogP contribution in [-0.4, -0.2) is 25.0 Å². The maximum atomic E-state index is 11.6. The summed E-state index contributed by atoms with van der Waals surface area (Å²) in [5.74, 6) is 0.0672. The Morgan fingerprint density at radius 3 is 2.73 bits per heavy atom. The van der Waals surface area contributed by atoms with E-state index in [1.54, 1.807) is 19.8 Å². The summed E-state index contributed by atoms with van der Waals surface area (Å²) in [6.07, 6.45) is 6.65. The molecule has 0 aliphatic carbocycles. The van der Waals surface area contributed by atoms with Crippen LogP contribution in [-0.2, 0) is 25.7 Å². The van der Waals surface area contributed by atoms with Gasteiger partial charge in [-0.1, -0.05) is 30.3 Å². The molecule has 1 atom stereocenters. The van der Waals surface area contributed by atoms with Gasteiger partial charge in [-0.05, 0) is 31.7 Å². The molecule has 1 aromatic rings. The topological polar surface area (TPSA) is 52.6 Å². The van der Waals surface area contributed by atoms with Crippen molar-refractivity contribution >= 4 is 12.3 Å². The van der Waals surface area contributed by atoms with Gasteiger partial charge in [0, 0.05) is 25.9 Å². The van der Waals surface area contributed by atoms with Crippen LogP contribution in [0.25, 0.3) is 0 Å². The van der Waals surface area contributed by atoms with Crippen molar-refractivity contribution in [3.63, 3.8) is 0 Å². The van der Waals surface area contributed by atoms with E-state index in [1.165, 1.54) is 6.42 Å². The molecule has 1 rings (SSSR count). The van der Waals surface area contributed by atoms with Crippen LogP contribution in [0.3, 0.4) is 0 Å². The largest absolute Gasteiger partial charge is 0.465 e. The van der Waals surface area contributed by atoms with Gasteiger partial charge in [-0.25, -0.2) is 0 Å². The minimum atomic E-state index is -0.312. The molecule has 119 valence electrons. The van der Waals surface area contributed by atoms with Gasteiger partial charge in [-0.15, -0.1) is 0 Å². The first kappa shape index (κ1) is 18.4. The van der Waals surface area contributed by atoms with Crippen molar-refractivity contribution in [1.82, 2.24) is 0 Å². The Labute approximate surface area is 132 Å². The Morgan fingerprint density at radius 2 is 2.00 bits per heavy atom. The molecule has 0 fully saturated rings. The van der Waals surface area contributed by atoms with E-state index in [4.69, 9.17) is 4.74 Å². The number of benzene rings is 1. The maximum Gasteiger partial charge on any atom is 0.293 e. The Kier molecular flexibility index (Phi) is 9.96. The van der Waals surface area contributed by atoms with Crippen LogP contribution in [0.2, 0.25) is 0 Å². The molecule has 22 heavy (non-hydrogen) atoms. The second-order valence-corrected chi connectivity index (χ2v) is 4.95. The molecule has 0 saturated carbocycles. The molecule has 0 unspecified atom stereocenters. The highest BCUT2D eigenvalue weighted by Crippen LogP contribution is 2.06. The fraction of sp³-hybridized carbons (Fsp3) is 0.389. The van der Waals surface area contributed by atoms with E-state index in [-0.39, 0.29) is 11.9 Å². The second-order valence-electron chi connectivity index (χ2n) is 4.95. The van der Waals surface area contributed by atoms with Crippen molar-refractivity contribution in [1.29, 1.82) is 0 Å². The fourth-order valence-corrected chi connectivity index (χ4v) is 1.80. The molecule has 0 amide bonds. The van der Waals surface area contributed by atoms with E-state index in [0.29, 0.717) is 26.1 Å². The molecule has 0 N–H and O–H groups in total. The Morgan fingerprint density at radius 1 is 1.23 bits per heavy atom. The lowest BCUT2D eigenvalue weighted by molar-refractivity contribution is -0.131. The molecule has 0 bridgehead atoms. The third kappa shape index (κ3) is 9.29. The average Bonchev–Trinajstić information content (AvgIpc) is 2.52. The van der Waals surface area contributed by atoms with Gasteiger partial charge in [0.2, 0.25) is 0 Å². The normalized spacial score (nSPS) is 11.9. The molecule has 0 aliphatic heterocycles. The van der Waals surface area contributed by atoms with Crippen molar-refractivity contribution < 1.29 is 19.1 Å². The average molecular weight is 303 g/mol. The van der Waals surface area contributed by atoms with Crippen molar-refractivity contribution in [2.75, 3.05) is 6.61 Å². The van der Waals surface area contributed by atoms with Gasteiger partial charge in [0.05, 0.1) is 6.61 Å². The summed E-state index contributed by atoms with van der Waals surface area (Å²) in [5.41, 5.74) is 1.16. The summed E-state index contributed by atoms with van der Waals surface area (Å²) >= 11 is 0. The van der Waals surface area contributed by atoms with Crippen molar-refractivity contribution in [2.45, 2.75) is 38.9 Å². The van der Waals surface area contributed by atoms with Crippen molar-refractivity contribution in [2.24, 2.45) is 0 Å². The summed E-state index contributed by atoms with van der Waals surface area (Å²) in [5, 5.41) is 0. The van der Waals surface area contributed by atoms with E-state index in [9.17, 15) is 9.59 Å². The first-order valence-electron chi connectivity index (χ1n) is 7.47. The van der Waals surface area contributed by atoms with Gasteiger partial charge in [0.1, 0.15) is 11.9 Å². The highest BCUT2D eigenvalue weighted by atomic mass is 16.5. The number of carbonyl (C=O) groups is 2. The first-order chi connectivity index (χ1) is 10.7. The number of carbonyl (C=O) groups excluding carboxylic acids is 2. The molecule has 3 radical (unpaired) electrons. The number of unbranched alkanes of at least 4 members (excludes halogenated alkanes) is 1. The molecular weight excluding hydrogens is 280 g/mol. The van der Waals surface area contributed by atoms with Crippen LogP contribution in [0, 0.1) is 19.3 Å². The highest BCUT2D eigenvalue weighted by Gasteiger charge is 2.06. The zero-order valence-electron chi connectivity index (χ0n) is 12.9. The van der Waals surface area contributed by atoms with Crippen LogP contribution in [0.5, 0.6) is 0 Å². The Bertz CT molecular complexity index is 416. The standard InChI is InChI=1S/C18H23O4/c1-16(22-15-19)8-7-12-18(20)11-5-6-13-21-14-17-9-3-2-4-10-17/h2-4,7-10,12,15-16H,5-6,11,13-14H2,1H3/t16-/m1/s1. The van der Waals surface area contributed by atoms with Crippen molar-refractivity contribution in [3.05, 3.63) is 55.2 Å². The number of hydrogen-bond acceptors (Lipinski definition) is 4. The third-order valence-electron chi connectivity index (χ3n) is 3.01. The lowest BCUT2D eigenvalue weighted by Crippen LogP contribution is -2.09. The highest BCUT2D eigenvalue weighted by molar-refractivity contribution is 5.88. The molecule has 0 aliphatic rings. The molecule has 1 aromatic carbocycles. The Balaban J connectivity index is 1.93. The minimum absolute atomic E-state index is 0.0672. The zero-order chi connectivity index (χ0) is 16.0.